The highest BCUT2D eigenvalue weighted by atomic mass is 16.5. The van der Waals surface area contributed by atoms with Crippen molar-refractivity contribution in [2.24, 2.45) is 5.92 Å². The van der Waals surface area contributed by atoms with Gasteiger partial charge in [-0.3, -0.25) is 4.79 Å². The van der Waals surface area contributed by atoms with Crippen LogP contribution in [0.5, 0.6) is 0 Å². The van der Waals surface area contributed by atoms with E-state index in [1.54, 1.807) is 13.2 Å². The van der Waals surface area contributed by atoms with Crippen molar-refractivity contribution in [3.8, 4) is 0 Å². The lowest BCUT2D eigenvalue weighted by molar-refractivity contribution is -0.597. The number of nitroso groups, excluding NO2 is 1. The van der Waals surface area contributed by atoms with Crippen LogP contribution in [0.2, 0.25) is 0 Å². The van der Waals surface area contributed by atoms with Crippen molar-refractivity contribution in [1.29, 1.82) is 0 Å². The number of ether oxygens (including phenoxy) is 1. The third kappa shape index (κ3) is 3.51. The molecule has 0 bridgehead atoms. The van der Waals surface area contributed by atoms with E-state index in [0.717, 1.165) is 36.9 Å². The first-order valence-corrected chi connectivity index (χ1v) is 8.08. The molecular formula is C16H27N2O3+. The molecule has 1 aliphatic heterocycles. The van der Waals surface area contributed by atoms with Crippen LogP contribution in [-0.2, 0) is 9.53 Å². The molecular weight excluding hydrogens is 268 g/mol. The van der Waals surface area contributed by atoms with Crippen LogP contribution in [0, 0.1) is 10.8 Å². The van der Waals surface area contributed by atoms with E-state index >= 15 is 0 Å². The Balaban J connectivity index is 2.19. The Kier molecular flexibility index (Phi) is 5.51. The molecule has 1 amide bonds. The lowest BCUT2D eigenvalue weighted by atomic mass is 9.73. The summed E-state index contributed by atoms with van der Waals surface area (Å²) in [5.74, 6) is 0.291. The van der Waals surface area contributed by atoms with Gasteiger partial charge < -0.3 is 10.1 Å². The molecule has 1 saturated carbocycles. The highest BCUT2D eigenvalue weighted by Gasteiger charge is 2.47. The number of methoxy groups -OCH3 is 1. The van der Waals surface area contributed by atoms with Gasteiger partial charge in [-0.15, -0.1) is 0 Å². The molecule has 1 aliphatic carbocycles. The second kappa shape index (κ2) is 7.16. The summed E-state index contributed by atoms with van der Waals surface area (Å²) in [4.78, 5) is 24.0. The zero-order valence-electron chi connectivity index (χ0n) is 13.3. The first kappa shape index (κ1) is 16.1. The summed E-state index contributed by atoms with van der Waals surface area (Å²) in [6.07, 6.45) is 6.31. The minimum absolute atomic E-state index is 0.00475. The zero-order chi connectivity index (χ0) is 15.4. The summed E-state index contributed by atoms with van der Waals surface area (Å²) in [6, 6.07) is 0.00194. The van der Waals surface area contributed by atoms with Gasteiger partial charge in [0.25, 0.3) is 0 Å². The van der Waals surface area contributed by atoms with Gasteiger partial charge in [0, 0.05) is 47.7 Å². The molecule has 0 spiro atoms. The van der Waals surface area contributed by atoms with Crippen LogP contribution in [0.4, 0.5) is 0 Å². The summed E-state index contributed by atoms with van der Waals surface area (Å²) in [5.41, 5.74) is 1.22. The molecule has 1 N–H and O–H groups in total. The maximum Gasteiger partial charge on any atom is 0.244 e. The minimum Gasteiger partial charge on any atom is -0.374 e. The molecule has 1 fully saturated rings. The number of hydrogen-bond acceptors (Lipinski definition) is 3. The summed E-state index contributed by atoms with van der Waals surface area (Å²) >= 11 is 0. The smallest absolute Gasteiger partial charge is 0.244 e. The second-order valence-electron chi connectivity index (χ2n) is 6.09. The fourth-order valence-corrected chi connectivity index (χ4v) is 3.65. The average Bonchev–Trinajstić information content (AvgIpc) is 2.50. The first-order valence-electron chi connectivity index (χ1n) is 8.08. The van der Waals surface area contributed by atoms with Crippen molar-refractivity contribution >= 4 is 5.91 Å². The normalized spacial score (nSPS) is 32.1. The van der Waals surface area contributed by atoms with E-state index in [-0.39, 0.29) is 30.0 Å². The molecule has 5 heteroatoms. The predicted octanol–water partition coefficient (Wildman–Crippen LogP) is 2.19. The molecule has 4 unspecified atom stereocenters. The molecule has 118 valence electrons. The maximum atomic E-state index is 12.1. The zero-order valence-corrected chi connectivity index (χ0v) is 13.3. The van der Waals surface area contributed by atoms with Crippen molar-refractivity contribution < 1.29 is 14.3 Å². The molecule has 1 heterocycles. The number of likely N-dealkylation sites (N-methyl/N-ethyl adjacent to an activating group) is 1. The van der Waals surface area contributed by atoms with E-state index in [9.17, 15) is 9.70 Å². The number of hydrogen-bond donors (Lipinski definition) is 1. The Hall–Kier alpha value is -1.23. The van der Waals surface area contributed by atoms with Gasteiger partial charge in [-0.2, -0.15) is 0 Å². The fourth-order valence-electron chi connectivity index (χ4n) is 3.65. The monoisotopic (exact) mass is 295 g/mol. The maximum absolute atomic E-state index is 12.1. The molecule has 4 atom stereocenters. The molecule has 5 nitrogen and oxygen atoms in total. The van der Waals surface area contributed by atoms with Crippen LogP contribution < -0.4 is 5.32 Å². The number of nitrogens with one attached hydrogen (secondary N) is 1. The van der Waals surface area contributed by atoms with Gasteiger partial charge in [0.1, 0.15) is 6.10 Å². The van der Waals surface area contributed by atoms with Gasteiger partial charge in [-0.1, -0.05) is 18.9 Å². The number of carbonyl (C=O) groups excluding carboxylic acids is 1. The van der Waals surface area contributed by atoms with Gasteiger partial charge >= 0.3 is 0 Å². The number of nitrogens with zero attached hydrogens (tertiary/aromatic N) is 1. The van der Waals surface area contributed by atoms with Crippen molar-refractivity contribution in [3.05, 3.63) is 16.6 Å². The Morgan fingerprint density at radius 3 is 2.76 bits per heavy atom. The van der Waals surface area contributed by atoms with Gasteiger partial charge in [0.15, 0.2) is 6.54 Å². The topological polar surface area (TPSA) is 58.4 Å². The molecule has 0 saturated heterocycles. The summed E-state index contributed by atoms with van der Waals surface area (Å²) in [6.45, 7) is 4.51. The third-order valence-corrected chi connectivity index (χ3v) is 4.82. The van der Waals surface area contributed by atoms with Gasteiger partial charge in [-0.05, 0) is 19.8 Å². The SMILES string of the molecule is CCCCC1=CC(=O)NC2CC(OC)C([N+](=O)CC)CC12. The van der Waals surface area contributed by atoms with E-state index in [2.05, 4.69) is 12.2 Å². The third-order valence-electron chi connectivity index (χ3n) is 4.82. The molecule has 2 rings (SSSR count). The lowest BCUT2D eigenvalue weighted by Crippen LogP contribution is -2.55. The summed E-state index contributed by atoms with van der Waals surface area (Å²) in [7, 11) is 1.65. The van der Waals surface area contributed by atoms with E-state index in [0.29, 0.717) is 6.54 Å². The second-order valence-corrected chi connectivity index (χ2v) is 6.09. The van der Waals surface area contributed by atoms with E-state index in [1.165, 1.54) is 5.57 Å². The number of amides is 1. The molecule has 2 aliphatic rings. The highest BCUT2D eigenvalue weighted by Crippen LogP contribution is 2.37. The van der Waals surface area contributed by atoms with E-state index < -0.39 is 0 Å². The minimum atomic E-state index is -0.110. The number of rotatable bonds is 6. The standard InChI is InChI=1S/C16H26N2O3/c1-4-6-7-11-8-16(19)17-13-10-15(21-3)14(9-12(11)13)18(20)5-2/h8,12-15H,4-7,9-10H2,1-3H3/p+1. The number of fused-ring (bicyclic) bond motifs is 1. The summed E-state index contributed by atoms with van der Waals surface area (Å²) < 4.78 is 6.65. The molecule has 0 aromatic heterocycles. The van der Waals surface area contributed by atoms with Crippen LogP contribution in [0.1, 0.15) is 46.0 Å². The Labute approximate surface area is 126 Å². The summed E-state index contributed by atoms with van der Waals surface area (Å²) in [5, 5.41) is 3.05. The van der Waals surface area contributed by atoms with Crippen LogP contribution >= 0.6 is 0 Å². The van der Waals surface area contributed by atoms with Gasteiger partial charge in [0.2, 0.25) is 11.9 Å². The molecule has 0 aromatic carbocycles. The fraction of sp³-hybridized carbons (Fsp3) is 0.812. The van der Waals surface area contributed by atoms with Crippen LogP contribution in [0.25, 0.3) is 0 Å². The molecule has 0 aromatic rings. The van der Waals surface area contributed by atoms with Crippen LogP contribution in [0.15, 0.2) is 11.6 Å². The quantitative estimate of drug-likeness (QED) is 0.764. The van der Waals surface area contributed by atoms with E-state index in [1.807, 2.05) is 6.92 Å². The average molecular weight is 295 g/mol. The Bertz CT molecular complexity index is 433. The van der Waals surface area contributed by atoms with Crippen molar-refractivity contribution in [2.75, 3.05) is 13.7 Å². The highest BCUT2D eigenvalue weighted by molar-refractivity contribution is 5.89. The van der Waals surface area contributed by atoms with E-state index in [4.69, 9.17) is 4.74 Å². The van der Waals surface area contributed by atoms with Crippen molar-refractivity contribution in [3.63, 3.8) is 0 Å². The van der Waals surface area contributed by atoms with Gasteiger partial charge in [-0.25, -0.2) is 0 Å². The molecule has 21 heavy (non-hydrogen) atoms. The van der Waals surface area contributed by atoms with Crippen molar-refractivity contribution in [1.82, 2.24) is 5.32 Å². The number of unbranched alkanes of at least 4 members (excludes halogenated alkanes) is 1. The van der Waals surface area contributed by atoms with Gasteiger partial charge in [0.05, 0.1) is 0 Å². The van der Waals surface area contributed by atoms with Crippen LogP contribution in [0.3, 0.4) is 0 Å². The largest absolute Gasteiger partial charge is 0.374 e. The Morgan fingerprint density at radius 2 is 2.14 bits per heavy atom. The Morgan fingerprint density at radius 1 is 1.38 bits per heavy atom. The predicted molar refractivity (Wildman–Crippen MR) is 81.0 cm³/mol. The van der Waals surface area contributed by atoms with Crippen molar-refractivity contribution in [2.45, 2.75) is 64.1 Å². The van der Waals surface area contributed by atoms with Crippen LogP contribution in [-0.4, -0.2) is 42.5 Å². The first-order chi connectivity index (χ1) is 10.1. The molecule has 0 radical (unpaired) electrons. The lowest BCUT2D eigenvalue weighted by Gasteiger charge is -2.40. The number of carbonyl (C=O) groups is 1.